The summed E-state index contributed by atoms with van der Waals surface area (Å²) in [5.74, 6) is -5.64. The van der Waals surface area contributed by atoms with E-state index in [0.29, 0.717) is 12.0 Å². The quantitative estimate of drug-likeness (QED) is 0.242. The molecule has 0 radical (unpaired) electrons. The zero-order valence-electron chi connectivity index (χ0n) is 31.8. The Balaban J connectivity index is 1.78. The summed E-state index contributed by atoms with van der Waals surface area (Å²) in [7, 11) is 5.23. The number of fused-ring (bicyclic) bond motifs is 1. The van der Waals surface area contributed by atoms with E-state index in [1.54, 1.807) is 71.9 Å². The average molecular weight is 717 g/mol. The van der Waals surface area contributed by atoms with Gasteiger partial charge in [0.25, 0.3) is 0 Å². The first-order chi connectivity index (χ1) is 23.9. The second kappa shape index (κ2) is 16.1. The number of Topliss-reactive ketones (excluding diaryl/α,β-unsaturated/α-hetero) is 2. The lowest BCUT2D eigenvalue weighted by molar-refractivity contribution is -0.294. The van der Waals surface area contributed by atoms with Gasteiger partial charge in [0.1, 0.15) is 17.8 Å². The molecule has 13 nitrogen and oxygen atoms in total. The van der Waals surface area contributed by atoms with Crippen LogP contribution in [-0.2, 0) is 42.8 Å². The van der Waals surface area contributed by atoms with Crippen molar-refractivity contribution in [2.75, 3.05) is 21.2 Å². The Morgan fingerprint density at radius 1 is 0.980 bits per heavy atom. The molecule has 3 heterocycles. The van der Waals surface area contributed by atoms with E-state index in [4.69, 9.17) is 28.4 Å². The topological polar surface area (TPSA) is 156 Å². The summed E-state index contributed by atoms with van der Waals surface area (Å²) in [5, 5.41) is 2.77. The molecule has 1 aromatic rings. The molecular formula is C38H56N2O11. The number of ketones is 2. The molecule has 13 heteroatoms. The molecule has 3 saturated heterocycles. The van der Waals surface area contributed by atoms with E-state index < -0.39 is 89.3 Å². The van der Waals surface area contributed by atoms with Gasteiger partial charge < -0.3 is 38.6 Å². The Hall–Kier alpha value is -3.39. The SMILES string of the molecule is CC[C@H]1OC(=O)[C@H](C)C(=O)[C@H](C)[C@@H](O[C@@H]2O[C@H](C)C[C@H](N(C)C)[C@H]2OC(=O)c2ccccc2)[C@](C)(OC)C[C@@H](C)C(=O)[C@@H](C)[C@H]2NC(=O)O[C@@]21C. The highest BCUT2D eigenvalue weighted by molar-refractivity contribution is 6.00. The van der Waals surface area contributed by atoms with Crippen molar-refractivity contribution in [3.63, 3.8) is 0 Å². The Labute approximate surface area is 301 Å². The van der Waals surface area contributed by atoms with Gasteiger partial charge in [-0.15, -0.1) is 0 Å². The smallest absolute Gasteiger partial charge is 0.408 e. The maximum atomic E-state index is 14.3. The number of nitrogens with zero attached hydrogens (tertiary/aromatic N) is 1. The largest absolute Gasteiger partial charge is 0.458 e. The van der Waals surface area contributed by atoms with Crippen LogP contribution >= 0.6 is 0 Å². The number of nitrogens with one attached hydrogen (secondary N) is 1. The number of carbonyl (C=O) groups is 5. The molecule has 0 saturated carbocycles. The normalized spacial score (nSPS) is 39.7. The van der Waals surface area contributed by atoms with Crippen LogP contribution < -0.4 is 5.32 Å². The van der Waals surface area contributed by atoms with E-state index in [1.807, 2.05) is 25.9 Å². The highest BCUT2D eigenvalue weighted by Gasteiger charge is 2.57. The third-order valence-electron chi connectivity index (χ3n) is 11.2. The van der Waals surface area contributed by atoms with E-state index in [1.165, 1.54) is 14.0 Å². The predicted octanol–water partition coefficient (Wildman–Crippen LogP) is 4.34. The van der Waals surface area contributed by atoms with E-state index in [-0.39, 0.29) is 30.8 Å². The standard InChI is InChI=1S/C38H56N2O11/c1-12-27-38(8)31(39-36(45)51-38)22(4)28(41)20(2)19-37(7,46-11)32(23(5)29(42)24(6)33(43)48-27)50-35-30(26(40(9)10)18-21(3)47-35)49-34(44)25-16-14-13-15-17-25/h13-17,20-24,26-27,30-32,35H,12,18-19H2,1-11H3,(H,39,45)/t20-,21-,22-,23+,24-,26+,27-,30-,31-,32-,35+,37-,38-/m1/s1. The minimum absolute atomic E-state index is 0.108. The number of benzene rings is 1. The van der Waals surface area contributed by atoms with Gasteiger partial charge in [0.05, 0.1) is 35.5 Å². The second-order valence-corrected chi connectivity index (χ2v) is 15.1. The lowest BCUT2D eigenvalue weighted by Crippen LogP contribution is -2.60. The van der Waals surface area contributed by atoms with Crippen LogP contribution in [-0.4, -0.2) is 110 Å². The molecule has 3 fully saturated rings. The average Bonchev–Trinajstić information content (AvgIpc) is 3.42. The van der Waals surface area contributed by atoms with Gasteiger partial charge in [-0.3, -0.25) is 14.4 Å². The lowest BCUT2D eigenvalue weighted by atomic mass is 9.73. The van der Waals surface area contributed by atoms with Crippen LogP contribution in [0.2, 0.25) is 0 Å². The Morgan fingerprint density at radius 2 is 1.63 bits per heavy atom. The first-order valence-electron chi connectivity index (χ1n) is 17.9. The summed E-state index contributed by atoms with van der Waals surface area (Å²) < 4.78 is 37.1. The summed E-state index contributed by atoms with van der Waals surface area (Å²) in [6, 6.07) is 7.47. The molecule has 0 spiro atoms. The minimum atomic E-state index is -1.37. The molecular weight excluding hydrogens is 660 g/mol. The molecule has 0 aromatic heterocycles. The fourth-order valence-corrected chi connectivity index (χ4v) is 8.06. The zero-order chi connectivity index (χ0) is 38.0. The molecule has 1 N–H and O–H groups in total. The van der Waals surface area contributed by atoms with Crippen molar-refractivity contribution in [3.8, 4) is 0 Å². The van der Waals surface area contributed by atoms with E-state index in [2.05, 4.69) is 5.32 Å². The number of hydrogen-bond acceptors (Lipinski definition) is 12. The van der Waals surface area contributed by atoms with Gasteiger partial charge in [-0.25, -0.2) is 9.59 Å². The number of cyclic esters (lactones) is 1. The molecule has 51 heavy (non-hydrogen) atoms. The molecule has 3 aliphatic rings. The molecule has 13 atom stereocenters. The third kappa shape index (κ3) is 8.32. The molecule has 1 aromatic carbocycles. The first-order valence-corrected chi connectivity index (χ1v) is 17.9. The van der Waals surface area contributed by atoms with E-state index in [9.17, 15) is 24.0 Å². The number of methoxy groups -OCH3 is 1. The third-order valence-corrected chi connectivity index (χ3v) is 11.2. The van der Waals surface area contributed by atoms with Gasteiger partial charge in [-0.05, 0) is 73.2 Å². The number of esters is 2. The molecule has 3 aliphatic heterocycles. The summed E-state index contributed by atoms with van der Waals surface area (Å²) in [5.41, 5.74) is -2.31. The molecule has 0 unspecified atom stereocenters. The van der Waals surface area contributed by atoms with Gasteiger partial charge in [0.2, 0.25) is 0 Å². The fourth-order valence-electron chi connectivity index (χ4n) is 8.06. The van der Waals surface area contributed by atoms with Crippen molar-refractivity contribution in [2.24, 2.45) is 23.7 Å². The predicted molar refractivity (Wildman–Crippen MR) is 186 cm³/mol. The number of likely N-dealkylation sites (N-methyl/N-ethyl adjacent to an activating group) is 1. The number of amides is 1. The van der Waals surface area contributed by atoms with Gasteiger partial charge in [0.15, 0.2) is 23.8 Å². The van der Waals surface area contributed by atoms with Gasteiger partial charge in [-0.2, -0.15) is 0 Å². The highest BCUT2D eigenvalue weighted by Crippen LogP contribution is 2.40. The van der Waals surface area contributed by atoms with Gasteiger partial charge in [0, 0.05) is 24.9 Å². The molecule has 284 valence electrons. The van der Waals surface area contributed by atoms with Crippen LogP contribution in [0.15, 0.2) is 30.3 Å². The zero-order valence-corrected chi connectivity index (χ0v) is 31.8. The van der Waals surface area contributed by atoms with Crippen LogP contribution in [0.1, 0.15) is 85.0 Å². The number of alkyl carbamates (subject to hydrolysis) is 1. The Bertz CT molecular complexity index is 1440. The lowest BCUT2D eigenvalue weighted by Gasteiger charge is -2.47. The van der Waals surface area contributed by atoms with Crippen LogP contribution in [0, 0.1) is 23.7 Å². The molecule has 1 amide bonds. The highest BCUT2D eigenvalue weighted by atomic mass is 16.7. The minimum Gasteiger partial charge on any atom is -0.458 e. The van der Waals surface area contributed by atoms with Crippen molar-refractivity contribution < 1.29 is 52.4 Å². The Kier molecular flexibility index (Phi) is 12.7. The van der Waals surface area contributed by atoms with Crippen LogP contribution in [0.5, 0.6) is 0 Å². The van der Waals surface area contributed by atoms with Crippen molar-refractivity contribution >= 4 is 29.6 Å². The van der Waals surface area contributed by atoms with Gasteiger partial charge >= 0.3 is 18.0 Å². The monoisotopic (exact) mass is 716 g/mol. The number of rotatable bonds is 7. The van der Waals surface area contributed by atoms with Crippen molar-refractivity contribution in [2.45, 2.75) is 129 Å². The molecule has 4 rings (SSSR count). The number of carbonyl (C=O) groups excluding carboxylic acids is 5. The van der Waals surface area contributed by atoms with E-state index >= 15 is 0 Å². The number of hydrogen-bond donors (Lipinski definition) is 1. The Morgan fingerprint density at radius 3 is 2.22 bits per heavy atom. The second-order valence-electron chi connectivity index (χ2n) is 15.1. The molecule has 0 aliphatic carbocycles. The van der Waals surface area contributed by atoms with Crippen LogP contribution in [0.4, 0.5) is 4.79 Å². The van der Waals surface area contributed by atoms with Crippen molar-refractivity contribution in [3.05, 3.63) is 35.9 Å². The van der Waals surface area contributed by atoms with Crippen LogP contribution in [0.25, 0.3) is 0 Å². The van der Waals surface area contributed by atoms with Gasteiger partial charge in [-0.1, -0.05) is 45.9 Å². The summed E-state index contributed by atoms with van der Waals surface area (Å²) in [4.78, 5) is 70.1. The van der Waals surface area contributed by atoms with Crippen molar-refractivity contribution in [1.82, 2.24) is 10.2 Å². The maximum absolute atomic E-state index is 14.3. The van der Waals surface area contributed by atoms with E-state index in [0.717, 1.165) is 0 Å². The van der Waals surface area contributed by atoms with Crippen LogP contribution in [0.3, 0.4) is 0 Å². The first kappa shape index (κ1) is 40.4. The summed E-state index contributed by atoms with van der Waals surface area (Å²) in [6.07, 6.45) is -4.22. The van der Waals surface area contributed by atoms with Crippen molar-refractivity contribution in [1.29, 1.82) is 0 Å². The number of ether oxygens (including phenoxy) is 6. The maximum Gasteiger partial charge on any atom is 0.408 e. The summed E-state index contributed by atoms with van der Waals surface area (Å²) >= 11 is 0. The summed E-state index contributed by atoms with van der Waals surface area (Å²) in [6.45, 7) is 13.7. The molecule has 0 bridgehead atoms. The fraction of sp³-hybridized carbons (Fsp3) is 0.711.